The predicted octanol–water partition coefficient (Wildman–Crippen LogP) is 3.87. The smallest absolute Gasteiger partial charge is 0.113 e. The largest absolute Gasteiger partial charge is 0.398 e. The lowest BCUT2D eigenvalue weighted by molar-refractivity contribution is 0.492. The van der Waals surface area contributed by atoms with Gasteiger partial charge in [0.05, 0.1) is 0 Å². The minimum atomic E-state index is 0.723. The second-order valence-corrected chi connectivity index (χ2v) is 5.43. The van der Waals surface area contributed by atoms with E-state index in [1.807, 2.05) is 6.92 Å². The van der Waals surface area contributed by atoms with Crippen molar-refractivity contribution in [2.45, 2.75) is 40.0 Å². The number of anilines is 1. The van der Waals surface area contributed by atoms with Crippen molar-refractivity contribution < 1.29 is 0 Å². The monoisotopic (exact) mass is 248 g/mol. The number of fused-ring (bicyclic) bond motifs is 1. The highest BCUT2D eigenvalue weighted by molar-refractivity contribution is 7.71. The van der Waals surface area contributed by atoms with Gasteiger partial charge >= 0.3 is 0 Å². The van der Waals surface area contributed by atoms with E-state index >= 15 is 0 Å². The summed E-state index contributed by atoms with van der Waals surface area (Å²) in [7, 11) is 0. The number of aromatic amines is 1. The summed E-state index contributed by atoms with van der Waals surface area (Å²) in [6.07, 6.45) is 5.42. The fourth-order valence-corrected chi connectivity index (χ4v) is 2.94. The van der Waals surface area contributed by atoms with Crippen molar-refractivity contribution >= 4 is 23.5 Å². The molecule has 0 aromatic carbocycles. The van der Waals surface area contributed by atoms with Crippen LogP contribution in [0.4, 0.5) is 5.69 Å². The summed E-state index contributed by atoms with van der Waals surface area (Å²) in [6, 6.07) is 0. The van der Waals surface area contributed by atoms with E-state index < -0.39 is 0 Å². The normalized spacial score (nSPS) is 20.2. The first-order valence-electron chi connectivity index (χ1n) is 6.21. The molecule has 1 aliphatic carbocycles. The number of nitrogens with one attached hydrogen (secondary N) is 1. The highest BCUT2D eigenvalue weighted by atomic mass is 32.1. The molecule has 1 aliphatic rings. The molecule has 17 heavy (non-hydrogen) atoms. The maximum atomic E-state index is 6.30. The van der Waals surface area contributed by atoms with Gasteiger partial charge in [0.15, 0.2) is 0 Å². The van der Waals surface area contributed by atoms with Crippen LogP contribution in [-0.2, 0) is 12.8 Å². The number of pyridine rings is 1. The quantitative estimate of drug-likeness (QED) is 0.741. The first-order chi connectivity index (χ1) is 8.04. The fourth-order valence-electron chi connectivity index (χ4n) is 2.55. The molecule has 0 saturated carbocycles. The highest BCUT2D eigenvalue weighted by Gasteiger charge is 2.20. The molecule has 1 heterocycles. The van der Waals surface area contributed by atoms with Crippen LogP contribution in [0.3, 0.4) is 0 Å². The van der Waals surface area contributed by atoms with Crippen molar-refractivity contribution in [2.75, 3.05) is 5.73 Å². The Kier molecular flexibility index (Phi) is 3.38. The van der Waals surface area contributed by atoms with Gasteiger partial charge < -0.3 is 10.7 Å². The zero-order chi connectivity index (χ0) is 12.6. The minimum Gasteiger partial charge on any atom is -0.398 e. The molecule has 92 valence electrons. The molecular formula is C14H20N2S. The van der Waals surface area contributed by atoms with E-state index in [-0.39, 0.29) is 0 Å². The van der Waals surface area contributed by atoms with Gasteiger partial charge in [-0.15, -0.1) is 0 Å². The lowest BCUT2D eigenvalue weighted by Gasteiger charge is -2.24. The number of hydrogen-bond donors (Lipinski definition) is 2. The van der Waals surface area contributed by atoms with Crippen LogP contribution in [0.1, 0.15) is 44.0 Å². The summed E-state index contributed by atoms with van der Waals surface area (Å²) < 4.78 is 0.783. The van der Waals surface area contributed by atoms with Crippen molar-refractivity contribution in [1.29, 1.82) is 0 Å². The van der Waals surface area contributed by atoms with Crippen LogP contribution in [0.25, 0.3) is 5.57 Å². The maximum absolute atomic E-state index is 6.30. The third-order valence-electron chi connectivity index (χ3n) is 3.72. The predicted molar refractivity (Wildman–Crippen MR) is 76.6 cm³/mol. The first kappa shape index (κ1) is 12.4. The van der Waals surface area contributed by atoms with Gasteiger partial charge in [0.2, 0.25) is 0 Å². The number of allylic oxidation sites excluding steroid dienone is 2. The van der Waals surface area contributed by atoms with E-state index in [1.165, 1.54) is 17.7 Å². The topological polar surface area (TPSA) is 41.8 Å². The Bertz CT molecular complexity index is 526. The number of nitrogens with two attached hydrogens (primary N) is 1. The Morgan fingerprint density at radius 2 is 2.24 bits per heavy atom. The standard InChI is InChI=1S/C14H20N2S/c1-4-9(3)12-13(15)10-6-5-8(2)7-11(10)16-14(12)17/h4,8H,5-7H2,1-3H3,(H3,15,16,17). The lowest BCUT2D eigenvalue weighted by Crippen LogP contribution is -2.16. The summed E-state index contributed by atoms with van der Waals surface area (Å²) in [6.45, 7) is 6.36. The second-order valence-electron chi connectivity index (χ2n) is 5.02. The van der Waals surface area contributed by atoms with Gasteiger partial charge in [0.25, 0.3) is 0 Å². The number of aromatic nitrogens is 1. The van der Waals surface area contributed by atoms with Gasteiger partial charge in [-0.05, 0) is 50.2 Å². The lowest BCUT2D eigenvalue weighted by atomic mass is 9.86. The maximum Gasteiger partial charge on any atom is 0.113 e. The third-order valence-corrected chi connectivity index (χ3v) is 4.02. The van der Waals surface area contributed by atoms with Crippen LogP contribution in [0.15, 0.2) is 6.08 Å². The van der Waals surface area contributed by atoms with Gasteiger partial charge in [0.1, 0.15) is 4.64 Å². The van der Waals surface area contributed by atoms with Gasteiger partial charge in [-0.25, -0.2) is 0 Å². The van der Waals surface area contributed by atoms with Crippen LogP contribution < -0.4 is 5.73 Å². The Balaban J connectivity index is 2.64. The summed E-state index contributed by atoms with van der Waals surface area (Å²) in [5.41, 5.74) is 11.9. The van der Waals surface area contributed by atoms with E-state index in [1.54, 1.807) is 0 Å². The van der Waals surface area contributed by atoms with Gasteiger partial charge in [-0.1, -0.05) is 25.2 Å². The van der Waals surface area contributed by atoms with Crippen molar-refractivity contribution in [3.8, 4) is 0 Å². The minimum absolute atomic E-state index is 0.723. The molecule has 0 bridgehead atoms. The molecule has 0 fully saturated rings. The summed E-state index contributed by atoms with van der Waals surface area (Å²) in [4.78, 5) is 3.38. The molecule has 0 amide bonds. The fraction of sp³-hybridized carbons (Fsp3) is 0.500. The Labute approximate surface area is 108 Å². The first-order valence-corrected chi connectivity index (χ1v) is 6.62. The number of rotatable bonds is 1. The Morgan fingerprint density at radius 3 is 2.88 bits per heavy atom. The number of H-pyrrole nitrogens is 1. The number of hydrogen-bond acceptors (Lipinski definition) is 2. The molecule has 1 aromatic heterocycles. The van der Waals surface area contributed by atoms with Crippen LogP contribution >= 0.6 is 12.2 Å². The number of nitrogen functional groups attached to an aromatic ring is 1. The van der Waals surface area contributed by atoms with Crippen LogP contribution in [0.5, 0.6) is 0 Å². The molecule has 2 rings (SSSR count). The van der Waals surface area contributed by atoms with Gasteiger partial charge in [-0.3, -0.25) is 0 Å². The Morgan fingerprint density at radius 1 is 1.53 bits per heavy atom. The summed E-state index contributed by atoms with van der Waals surface area (Å²) in [5, 5.41) is 0. The van der Waals surface area contributed by atoms with Crippen molar-refractivity contribution in [2.24, 2.45) is 5.92 Å². The SMILES string of the molecule is CC=C(C)c1c(N)c2c([nH]c1=S)CC(C)CC2. The molecule has 1 aromatic rings. The van der Waals surface area contributed by atoms with Crippen LogP contribution in [0.2, 0.25) is 0 Å². The third kappa shape index (κ3) is 2.16. The second kappa shape index (κ2) is 4.65. The highest BCUT2D eigenvalue weighted by Crippen LogP contribution is 2.33. The zero-order valence-electron chi connectivity index (χ0n) is 10.8. The van der Waals surface area contributed by atoms with Crippen molar-refractivity contribution in [1.82, 2.24) is 4.98 Å². The molecule has 1 unspecified atom stereocenters. The molecule has 3 heteroatoms. The van der Waals surface area contributed by atoms with Gasteiger partial charge in [0, 0.05) is 16.9 Å². The molecule has 0 saturated heterocycles. The summed E-state index contributed by atoms with van der Waals surface area (Å²) >= 11 is 5.43. The van der Waals surface area contributed by atoms with Crippen LogP contribution in [-0.4, -0.2) is 4.98 Å². The average Bonchev–Trinajstić information content (AvgIpc) is 2.28. The van der Waals surface area contributed by atoms with E-state index in [9.17, 15) is 0 Å². The molecule has 2 nitrogen and oxygen atoms in total. The van der Waals surface area contributed by atoms with Crippen molar-refractivity contribution in [3.05, 3.63) is 27.5 Å². The molecule has 3 N–H and O–H groups in total. The molecular weight excluding hydrogens is 228 g/mol. The zero-order valence-corrected chi connectivity index (χ0v) is 11.6. The molecule has 0 radical (unpaired) electrons. The van der Waals surface area contributed by atoms with E-state index in [0.29, 0.717) is 0 Å². The molecule has 0 aliphatic heterocycles. The summed E-state index contributed by atoms with van der Waals surface area (Å²) in [5.74, 6) is 0.723. The molecule has 0 spiro atoms. The molecule has 1 atom stereocenters. The Hall–Kier alpha value is -1.09. The van der Waals surface area contributed by atoms with E-state index in [4.69, 9.17) is 18.0 Å². The van der Waals surface area contributed by atoms with Gasteiger partial charge in [-0.2, -0.15) is 0 Å². The average molecular weight is 248 g/mol. The van der Waals surface area contributed by atoms with E-state index in [0.717, 1.165) is 40.2 Å². The van der Waals surface area contributed by atoms with Crippen LogP contribution in [0, 0.1) is 10.6 Å². The van der Waals surface area contributed by atoms with Crippen molar-refractivity contribution in [3.63, 3.8) is 0 Å². The van der Waals surface area contributed by atoms with E-state index in [2.05, 4.69) is 24.9 Å².